The smallest absolute Gasteiger partial charge is 0.255 e. The number of hydrogen-bond acceptors (Lipinski definition) is 5. The summed E-state index contributed by atoms with van der Waals surface area (Å²) in [5, 5.41) is 5.76. The molecule has 7 heteroatoms. The molecule has 0 spiro atoms. The summed E-state index contributed by atoms with van der Waals surface area (Å²) in [6, 6.07) is 13.2. The first-order chi connectivity index (χ1) is 14.5. The molecule has 2 heterocycles. The number of imide groups is 1. The van der Waals surface area contributed by atoms with Crippen molar-refractivity contribution in [2.45, 2.75) is 44.8 Å². The molecule has 1 unspecified atom stereocenters. The van der Waals surface area contributed by atoms with Gasteiger partial charge >= 0.3 is 0 Å². The highest BCUT2D eigenvalue weighted by Crippen LogP contribution is 2.29. The van der Waals surface area contributed by atoms with Gasteiger partial charge in [0.1, 0.15) is 6.04 Å². The van der Waals surface area contributed by atoms with E-state index in [1.807, 2.05) is 36.4 Å². The van der Waals surface area contributed by atoms with Gasteiger partial charge in [-0.1, -0.05) is 30.3 Å². The van der Waals surface area contributed by atoms with E-state index in [0.717, 1.165) is 36.2 Å². The van der Waals surface area contributed by atoms with Gasteiger partial charge in [-0.15, -0.1) is 0 Å². The number of nitrogens with zero attached hydrogens (tertiary/aromatic N) is 1. The third kappa shape index (κ3) is 4.21. The standard InChI is InChI=1S/C23H26N4O3/c24-18-8-1-4-15(12-18)5-3-11-25-13-16-6-2-7-17-14-27(23(30)21(16)17)19-9-10-20(28)26-22(19)29/h1-2,4,6-8,12,19,25H,3,5,9-11,13-14,24H2,(H,26,28,29). The maximum atomic E-state index is 13.1. The maximum absolute atomic E-state index is 13.1. The van der Waals surface area contributed by atoms with E-state index in [2.05, 4.69) is 16.7 Å². The van der Waals surface area contributed by atoms with Crippen LogP contribution >= 0.6 is 0 Å². The Kier molecular flexibility index (Phi) is 5.81. The van der Waals surface area contributed by atoms with Crippen LogP contribution < -0.4 is 16.4 Å². The number of nitrogens with one attached hydrogen (secondary N) is 2. The zero-order valence-corrected chi connectivity index (χ0v) is 16.8. The molecule has 3 amide bonds. The summed E-state index contributed by atoms with van der Waals surface area (Å²) < 4.78 is 0. The van der Waals surface area contributed by atoms with Crippen LogP contribution in [0.2, 0.25) is 0 Å². The van der Waals surface area contributed by atoms with Crippen molar-refractivity contribution in [2.24, 2.45) is 0 Å². The SMILES string of the molecule is Nc1cccc(CCCNCc2cccc3c2C(=O)N(C2CCC(=O)NC2=O)C3)c1. The summed E-state index contributed by atoms with van der Waals surface area (Å²) >= 11 is 0. The Labute approximate surface area is 175 Å². The Balaban J connectivity index is 1.35. The largest absolute Gasteiger partial charge is 0.399 e. The molecule has 4 N–H and O–H groups in total. The molecule has 30 heavy (non-hydrogen) atoms. The van der Waals surface area contributed by atoms with Gasteiger partial charge in [0.25, 0.3) is 5.91 Å². The zero-order chi connectivity index (χ0) is 21.1. The topological polar surface area (TPSA) is 105 Å². The molecular formula is C23H26N4O3. The molecule has 1 fully saturated rings. The average Bonchev–Trinajstić information content (AvgIpc) is 3.05. The predicted octanol–water partition coefficient (Wildman–Crippen LogP) is 1.75. The number of hydrogen-bond donors (Lipinski definition) is 3. The van der Waals surface area contributed by atoms with Gasteiger partial charge < -0.3 is 16.0 Å². The summed E-state index contributed by atoms with van der Waals surface area (Å²) in [4.78, 5) is 38.3. The van der Waals surface area contributed by atoms with Crippen LogP contribution in [-0.2, 0) is 29.1 Å². The molecule has 0 radical (unpaired) electrons. The molecule has 2 aromatic rings. The summed E-state index contributed by atoms with van der Waals surface area (Å²) in [6.07, 6.45) is 2.54. The molecule has 0 aromatic heterocycles. The predicted molar refractivity (Wildman–Crippen MR) is 113 cm³/mol. The summed E-state index contributed by atoms with van der Waals surface area (Å²) in [7, 11) is 0. The van der Waals surface area contributed by atoms with Crippen LogP contribution in [0.15, 0.2) is 42.5 Å². The molecule has 1 atom stereocenters. The van der Waals surface area contributed by atoms with Crippen molar-refractivity contribution < 1.29 is 14.4 Å². The molecule has 2 aliphatic heterocycles. The second-order valence-corrected chi connectivity index (χ2v) is 7.88. The van der Waals surface area contributed by atoms with Crippen molar-refractivity contribution in [2.75, 3.05) is 12.3 Å². The first-order valence-corrected chi connectivity index (χ1v) is 10.3. The Bertz CT molecular complexity index is 988. The molecule has 156 valence electrons. The fourth-order valence-electron chi connectivity index (χ4n) is 4.23. The molecule has 1 saturated heterocycles. The lowest BCUT2D eigenvalue weighted by molar-refractivity contribution is -0.136. The number of amides is 3. The third-order valence-corrected chi connectivity index (χ3v) is 5.72. The van der Waals surface area contributed by atoms with Gasteiger partial charge in [0.05, 0.1) is 0 Å². The van der Waals surface area contributed by atoms with E-state index in [1.165, 1.54) is 5.56 Å². The van der Waals surface area contributed by atoms with E-state index in [-0.39, 0.29) is 24.1 Å². The Morgan fingerprint density at radius 3 is 2.77 bits per heavy atom. The lowest BCUT2D eigenvalue weighted by Gasteiger charge is -2.29. The number of nitrogen functional groups attached to an aromatic ring is 1. The summed E-state index contributed by atoms with van der Waals surface area (Å²) in [6.45, 7) is 1.82. The van der Waals surface area contributed by atoms with Crippen LogP contribution in [0.25, 0.3) is 0 Å². The average molecular weight is 406 g/mol. The Morgan fingerprint density at radius 2 is 1.97 bits per heavy atom. The van der Waals surface area contributed by atoms with Crippen molar-refractivity contribution in [3.05, 3.63) is 64.7 Å². The number of aryl methyl sites for hydroxylation is 1. The van der Waals surface area contributed by atoms with Gasteiger partial charge in [0, 0.05) is 30.8 Å². The van der Waals surface area contributed by atoms with Gasteiger partial charge in [-0.3, -0.25) is 19.7 Å². The van der Waals surface area contributed by atoms with Gasteiger partial charge in [0.2, 0.25) is 11.8 Å². The second kappa shape index (κ2) is 8.67. The van der Waals surface area contributed by atoms with E-state index in [1.54, 1.807) is 4.90 Å². The highest BCUT2D eigenvalue weighted by atomic mass is 16.2. The van der Waals surface area contributed by atoms with Gasteiger partial charge in [0.15, 0.2) is 0 Å². The first kappa shape index (κ1) is 20.1. The van der Waals surface area contributed by atoms with Crippen LogP contribution in [0.5, 0.6) is 0 Å². The number of fused-ring (bicyclic) bond motifs is 1. The quantitative estimate of drug-likeness (QED) is 0.369. The van der Waals surface area contributed by atoms with Crippen molar-refractivity contribution in [1.82, 2.24) is 15.5 Å². The third-order valence-electron chi connectivity index (χ3n) is 5.72. The number of rotatable bonds is 7. The van der Waals surface area contributed by atoms with Crippen molar-refractivity contribution in [1.29, 1.82) is 0 Å². The molecule has 7 nitrogen and oxygen atoms in total. The van der Waals surface area contributed by atoms with Crippen LogP contribution in [0.3, 0.4) is 0 Å². The lowest BCUT2D eigenvalue weighted by Crippen LogP contribution is -2.52. The van der Waals surface area contributed by atoms with E-state index in [0.29, 0.717) is 25.1 Å². The van der Waals surface area contributed by atoms with Gasteiger partial charge in [-0.05, 0) is 54.6 Å². The molecule has 2 aliphatic rings. The molecule has 2 aromatic carbocycles. The van der Waals surface area contributed by atoms with Crippen LogP contribution in [0.1, 0.15) is 46.3 Å². The number of nitrogens with two attached hydrogens (primary N) is 1. The molecule has 0 bridgehead atoms. The number of carbonyl (C=O) groups is 3. The monoisotopic (exact) mass is 406 g/mol. The summed E-state index contributed by atoms with van der Waals surface area (Å²) in [5.41, 5.74) is 10.4. The van der Waals surface area contributed by atoms with Crippen molar-refractivity contribution in [3.8, 4) is 0 Å². The minimum Gasteiger partial charge on any atom is -0.399 e. The van der Waals surface area contributed by atoms with E-state index in [4.69, 9.17) is 5.73 Å². The number of benzene rings is 2. The Hall–Kier alpha value is -3.19. The van der Waals surface area contributed by atoms with Crippen molar-refractivity contribution in [3.63, 3.8) is 0 Å². The Morgan fingerprint density at radius 1 is 1.13 bits per heavy atom. The molecule has 0 aliphatic carbocycles. The zero-order valence-electron chi connectivity index (χ0n) is 16.8. The summed E-state index contributed by atoms with van der Waals surface area (Å²) in [5.74, 6) is -0.784. The molecule has 0 saturated carbocycles. The highest BCUT2D eigenvalue weighted by Gasteiger charge is 2.39. The minimum atomic E-state index is -0.582. The fourth-order valence-corrected chi connectivity index (χ4v) is 4.23. The maximum Gasteiger partial charge on any atom is 0.255 e. The number of carbonyl (C=O) groups excluding carboxylic acids is 3. The van der Waals surface area contributed by atoms with Crippen molar-refractivity contribution >= 4 is 23.4 Å². The van der Waals surface area contributed by atoms with E-state index >= 15 is 0 Å². The molecular weight excluding hydrogens is 380 g/mol. The van der Waals surface area contributed by atoms with E-state index in [9.17, 15) is 14.4 Å². The lowest BCUT2D eigenvalue weighted by atomic mass is 10.0. The normalized spacial score (nSPS) is 18.5. The van der Waals surface area contributed by atoms with Crippen LogP contribution in [-0.4, -0.2) is 35.2 Å². The van der Waals surface area contributed by atoms with Crippen LogP contribution in [0.4, 0.5) is 5.69 Å². The minimum absolute atomic E-state index is 0.128. The first-order valence-electron chi connectivity index (χ1n) is 10.3. The van der Waals surface area contributed by atoms with Gasteiger partial charge in [-0.2, -0.15) is 0 Å². The molecule has 4 rings (SSSR count). The van der Waals surface area contributed by atoms with Gasteiger partial charge in [-0.25, -0.2) is 0 Å². The number of anilines is 1. The fraction of sp³-hybridized carbons (Fsp3) is 0.348. The highest BCUT2D eigenvalue weighted by molar-refractivity contribution is 6.05. The van der Waals surface area contributed by atoms with E-state index < -0.39 is 6.04 Å². The number of piperidine rings is 1. The second-order valence-electron chi connectivity index (χ2n) is 7.88. The van der Waals surface area contributed by atoms with Crippen LogP contribution in [0, 0.1) is 0 Å².